The molecule has 0 saturated carbocycles. The van der Waals surface area contributed by atoms with Crippen LogP contribution >= 0.6 is 0 Å². The zero-order valence-corrected chi connectivity index (χ0v) is 23.2. The summed E-state index contributed by atoms with van der Waals surface area (Å²) in [5.74, 6) is 0. The molecule has 1 radical (unpaired) electrons. The Bertz CT molecular complexity index is 1160. The van der Waals surface area contributed by atoms with E-state index >= 15 is 0 Å². The number of benzene rings is 2. The Kier molecular flexibility index (Phi) is 8.05. The van der Waals surface area contributed by atoms with Crippen molar-refractivity contribution in [2.24, 2.45) is 0 Å². The van der Waals surface area contributed by atoms with Crippen LogP contribution in [0.2, 0.25) is 0 Å². The molecule has 0 spiro atoms. The predicted octanol–water partition coefficient (Wildman–Crippen LogP) is 2.76. The van der Waals surface area contributed by atoms with Crippen LogP contribution in [0.5, 0.6) is 0 Å². The van der Waals surface area contributed by atoms with Crippen molar-refractivity contribution in [1.82, 2.24) is 9.62 Å². The molecule has 8 nitrogen and oxygen atoms in total. The third kappa shape index (κ3) is 5.37. The van der Waals surface area contributed by atoms with Gasteiger partial charge in [0.15, 0.2) is 0 Å². The maximum atomic E-state index is 12.7. The number of nitrogens with zero attached hydrogens (tertiary/aromatic N) is 1. The number of urea groups is 1. The molecule has 10 heteroatoms. The Morgan fingerprint density at radius 1 is 0.971 bits per heavy atom. The number of carbonyl (C=O) groups excluding carboxylic acids is 2. The fraction of sp³-hybridized carbons (Fsp3) is 0.417. The molecular weight excluding hydrogens is 481 g/mol. The average molecular weight is 509 g/mol. The SMILES string of the molecule is O=C(Nc1c2c(cc3c1CCC3)CCC2)NS(=O)(=O)C1CN(C(=O)OCc2ccccc2)C1.[K]. The molecule has 0 aromatic heterocycles. The summed E-state index contributed by atoms with van der Waals surface area (Å²) in [5, 5.41) is 1.99. The topological polar surface area (TPSA) is 105 Å². The molecule has 2 aromatic carbocycles. The van der Waals surface area contributed by atoms with Crippen molar-refractivity contribution < 1.29 is 22.7 Å². The molecule has 1 saturated heterocycles. The summed E-state index contributed by atoms with van der Waals surface area (Å²) in [6.07, 6.45) is 5.31. The van der Waals surface area contributed by atoms with E-state index in [0.29, 0.717) is 0 Å². The molecule has 5 rings (SSSR count). The number of likely N-dealkylation sites (tertiary alicyclic amines) is 1. The van der Waals surface area contributed by atoms with Gasteiger partial charge in [-0.15, -0.1) is 0 Å². The molecule has 175 valence electrons. The monoisotopic (exact) mass is 508 g/mol. The summed E-state index contributed by atoms with van der Waals surface area (Å²) in [6.45, 7) is 0.110. The number of hydrogen-bond acceptors (Lipinski definition) is 5. The Morgan fingerprint density at radius 2 is 1.59 bits per heavy atom. The Morgan fingerprint density at radius 3 is 2.21 bits per heavy atom. The van der Waals surface area contributed by atoms with Crippen molar-refractivity contribution >= 4 is 79.2 Å². The van der Waals surface area contributed by atoms with Gasteiger partial charge in [-0.3, -0.25) is 0 Å². The first-order valence-electron chi connectivity index (χ1n) is 11.4. The van der Waals surface area contributed by atoms with E-state index in [1.54, 1.807) is 0 Å². The zero-order valence-electron chi connectivity index (χ0n) is 19.3. The standard InChI is InChI=1S/C24H27N3O5S.K/c28-23(25-22-20-10-4-8-17(20)12-18-9-5-11-21(18)22)26-33(30,31)19-13-27(14-19)24(29)32-15-16-6-2-1-3-7-16;/h1-3,6-7,12,19H,4-5,8-11,13-15H2,(H2,25,26,28);. The van der Waals surface area contributed by atoms with Crippen molar-refractivity contribution in [2.75, 3.05) is 18.4 Å². The Labute approximate surface area is 242 Å². The smallest absolute Gasteiger partial charge is 0.410 e. The van der Waals surface area contributed by atoms with Gasteiger partial charge in [-0.25, -0.2) is 22.7 Å². The minimum Gasteiger partial charge on any atom is -0.445 e. The third-order valence-corrected chi connectivity index (χ3v) is 8.34. The molecule has 3 aliphatic rings. The van der Waals surface area contributed by atoms with Crippen LogP contribution in [0, 0.1) is 0 Å². The van der Waals surface area contributed by atoms with Gasteiger partial charge < -0.3 is 15.0 Å². The first-order chi connectivity index (χ1) is 15.9. The summed E-state index contributed by atoms with van der Waals surface area (Å²) in [5.41, 5.74) is 6.45. The van der Waals surface area contributed by atoms with Crippen LogP contribution in [0.15, 0.2) is 36.4 Å². The summed E-state index contributed by atoms with van der Waals surface area (Å²) < 4.78 is 32.7. The summed E-state index contributed by atoms with van der Waals surface area (Å²) in [6, 6.07) is 10.8. The molecular formula is C24H27KN3O5S. The van der Waals surface area contributed by atoms with Crippen LogP contribution in [-0.2, 0) is 47.1 Å². The van der Waals surface area contributed by atoms with Gasteiger partial charge in [0.25, 0.3) is 0 Å². The van der Waals surface area contributed by atoms with Crippen molar-refractivity contribution in [3.63, 3.8) is 0 Å². The van der Waals surface area contributed by atoms with Crippen molar-refractivity contribution in [1.29, 1.82) is 0 Å². The van der Waals surface area contributed by atoms with Crippen LogP contribution in [0.3, 0.4) is 0 Å². The van der Waals surface area contributed by atoms with Gasteiger partial charge in [0.1, 0.15) is 11.9 Å². The Hall–Kier alpha value is -1.43. The number of anilines is 1. The number of fused-ring (bicyclic) bond motifs is 2. The number of nitrogens with one attached hydrogen (secondary N) is 2. The van der Waals surface area contributed by atoms with E-state index in [1.807, 2.05) is 30.3 Å². The van der Waals surface area contributed by atoms with E-state index < -0.39 is 27.4 Å². The molecule has 2 aliphatic carbocycles. The third-order valence-electron chi connectivity index (χ3n) is 6.70. The largest absolute Gasteiger partial charge is 0.445 e. The van der Waals surface area contributed by atoms with Gasteiger partial charge in [0, 0.05) is 70.2 Å². The van der Waals surface area contributed by atoms with Crippen molar-refractivity contribution in [2.45, 2.75) is 50.4 Å². The number of ether oxygens (including phenoxy) is 1. The van der Waals surface area contributed by atoms with Gasteiger partial charge in [-0.2, -0.15) is 0 Å². The van der Waals surface area contributed by atoms with Crippen LogP contribution < -0.4 is 10.0 Å². The minimum absolute atomic E-state index is 0. The number of aryl methyl sites for hydroxylation is 2. The molecule has 34 heavy (non-hydrogen) atoms. The molecule has 1 heterocycles. The molecule has 2 N–H and O–H groups in total. The van der Waals surface area contributed by atoms with Gasteiger partial charge in [0.2, 0.25) is 10.0 Å². The molecule has 0 atom stereocenters. The number of hydrogen-bond donors (Lipinski definition) is 2. The molecule has 2 aromatic rings. The summed E-state index contributed by atoms with van der Waals surface area (Å²) >= 11 is 0. The van der Waals surface area contributed by atoms with Gasteiger partial charge in [-0.1, -0.05) is 36.4 Å². The van der Waals surface area contributed by atoms with E-state index in [4.69, 9.17) is 4.74 Å². The normalized spacial score (nSPS) is 16.6. The maximum Gasteiger partial charge on any atom is 0.410 e. The number of sulfonamides is 1. The van der Waals surface area contributed by atoms with Crippen LogP contribution in [-0.4, -0.2) is 95.2 Å². The van der Waals surface area contributed by atoms with E-state index in [9.17, 15) is 18.0 Å². The van der Waals surface area contributed by atoms with E-state index in [2.05, 4.69) is 16.1 Å². The number of amides is 3. The minimum atomic E-state index is -3.92. The molecule has 3 amide bonds. The molecule has 1 aliphatic heterocycles. The first kappa shape index (κ1) is 25.7. The van der Waals surface area contributed by atoms with Gasteiger partial charge in [-0.05, 0) is 66.3 Å². The summed E-state index contributed by atoms with van der Waals surface area (Å²) in [7, 11) is -3.92. The summed E-state index contributed by atoms with van der Waals surface area (Å²) in [4.78, 5) is 26.1. The van der Waals surface area contributed by atoms with Crippen LogP contribution in [0.1, 0.15) is 40.7 Å². The zero-order chi connectivity index (χ0) is 23.0. The van der Waals surface area contributed by atoms with E-state index in [-0.39, 0.29) is 71.1 Å². The second-order valence-electron chi connectivity index (χ2n) is 8.90. The predicted molar refractivity (Wildman–Crippen MR) is 129 cm³/mol. The fourth-order valence-corrected chi connectivity index (χ4v) is 6.14. The van der Waals surface area contributed by atoms with Gasteiger partial charge >= 0.3 is 12.1 Å². The second-order valence-corrected chi connectivity index (χ2v) is 10.9. The van der Waals surface area contributed by atoms with E-state index in [1.165, 1.54) is 16.0 Å². The second kappa shape index (κ2) is 10.7. The Balaban J connectivity index is 0.00000274. The maximum absolute atomic E-state index is 12.7. The fourth-order valence-electron chi connectivity index (χ4n) is 4.91. The van der Waals surface area contributed by atoms with Crippen molar-refractivity contribution in [3.8, 4) is 0 Å². The van der Waals surface area contributed by atoms with Gasteiger partial charge in [0.05, 0.1) is 0 Å². The van der Waals surface area contributed by atoms with Crippen molar-refractivity contribution in [3.05, 3.63) is 64.2 Å². The average Bonchev–Trinajstić information content (AvgIpc) is 3.40. The molecule has 0 bridgehead atoms. The quantitative estimate of drug-likeness (QED) is 0.605. The first-order valence-corrected chi connectivity index (χ1v) is 12.9. The van der Waals surface area contributed by atoms with Crippen LogP contribution in [0.4, 0.5) is 15.3 Å². The number of rotatable bonds is 5. The number of carbonyl (C=O) groups is 2. The molecule has 1 fully saturated rings. The van der Waals surface area contributed by atoms with Crippen LogP contribution in [0.25, 0.3) is 0 Å². The molecule has 0 unspecified atom stereocenters. The van der Waals surface area contributed by atoms with E-state index in [0.717, 1.165) is 60.9 Å².